The molecule has 0 spiro atoms. The number of halogens is 2. The highest BCUT2D eigenvalue weighted by Crippen LogP contribution is 2.28. The van der Waals surface area contributed by atoms with E-state index in [1.165, 1.54) is 36.4 Å². The number of carboxylic acids is 1. The van der Waals surface area contributed by atoms with Crippen molar-refractivity contribution >= 4 is 97.4 Å². The van der Waals surface area contributed by atoms with Crippen LogP contribution in [0, 0.1) is 11.6 Å². The maximum atomic E-state index is 14.0. The molecule has 8 aromatic rings. The molecular formula is C71H81F2N11O10. The van der Waals surface area contributed by atoms with Gasteiger partial charge >= 0.3 is 24.2 Å². The maximum absolute atomic E-state index is 14.0. The number of pyridine rings is 3. The first kappa shape index (κ1) is 68.3. The molecule has 11 rings (SSSR count). The summed E-state index contributed by atoms with van der Waals surface area (Å²) in [4.78, 5) is 97.6. The standard InChI is InChI=1S/C31H37FN4O5.C21H21FN4O.C19H23N3O4/c1-30(2,3)40-28(38)34-25-11-9-23(32)18-22(25)19-26(37)21-7-10-24-20(17-21)8-12-27(33-24)35-13-15-36(16-14-35)29(39)41-31(4,5)6;22-17-3-4-18(23)16(12-17)13-20(27)15-1-5-19-14(11-15)2-6-21(25-19)26-9-7-24-8-10-26;1-19(2,3)26-18(25)22-10-8-21(9-11-22)16-7-5-13-12-14(17(23)24)4-6-15(13)20-16/h7-12,17-18H,13-16,19H2,1-6H3,(H,34,38);1-6,11-12,24H,7-10,13,23H2;4-7,12H,8-11H2,1-3H3,(H,23,24). The summed E-state index contributed by atoms with van der Waals surface area (Å²) in [6.07, 6.45) is -1.32. The van der Waals surface area contributed by atoms with Crippen LogP contribution in [0.15, 0.2) is 127 Å². The van der Waals surface area contributed by atoms with Crippen LogP contribution in [0.3, 0.4) is 0 Å². The lowest BCUT2D eigenvalue weighted by Crippen LogP contribution is -2.50. The van der Waals surface area contributed by atoms with Crippen LogP contribution >= 0.6 is 0 Å². The Bertz CT molecular complexity index is 4110. The van der Waals surface area contributed by atoms with E-state index in [0.717, 1.165) is 76.3 Å². The summed E-state index contributed by atoms with van der Waals surface area (Å²) < 4.78 is 43.6. The van der Waals surface area contributed by atoms with Gasteiger partial charge in [-0.05, 0) is 201 Å². The number of nitrogens with one attached hydrogen (secondary N) is 2. The monoisotopic (exact) mass is 1290 g/mol. The molecule has 3 amide bonds. The van der Waals surface area contributed by atoms with Crippen molar-refractivity contribution in [2.24, 2.45) is 0 Å². The molecule has 94 heavy (non-hydrogen) atoms. The highest BCUT2D eigenvalue weighted by atomic mass is 19.1. The van der Waals surface area contributed by atoms with Crippen LogP contribution in [-0.4, -0.2) is 161 Å². The summed E-state index contributed by atoms with van der Waals surface area (Å²) in [5.74, 6) is 0.389. The molecule has 5 N–H and O–H groups in total. The molecule has 0 atom stereocenters. The van der Waals surface area contributed by atoms with E-state index in [4.69, 9.17) is 35.0 Å². The smallest absolute Gasteiger partial charge is 0.412 e. The lowest BCUT2D eigenvalue weighted by Gasteiger charge is -2.36. The van der Waals surface area contributed by atoms with Crippen LogP contribution in [0.5, 0.6) is 0 Å². The largest absolute Gasteiger partial charge is 0.478 e. The van der Waals surface area contributed by atoms with E-state index in [1.807, 2.05) is 90.1 Å². The number of rotatable bonds is 11. The molecular weight excluding hydrogens is 1200 g/mol. The van der Waals surface area contributed by atoms with Crippen LogP contribution in [-0.2, 0) is 27.1 Å². The predicted molar refractivity (Wildman–Crippen MR) is 360 cm³/mol. The van der Waals surface area contributed by atoms with Crippen LogP contribution < -0.4 is 31.1 Å². The first-order chi connectivity index (χ1) is 44.5. The van der Waals surface area contributed by atoms with Crippen molar-refractivity contribution in [1.82, 2.24) is 30.1 Å². The molecule has 0 saturated carbocycles. The van der Waals surface area contributed by atoms with Crippen molar-refractivity contribution in [1.29, 1.82) is 0 Å². The van der Waals surface area contributed by atoms with Gasteiger partial charge in [0.1, 0.15) is 45.9 Å². The van der Waals surface area contributed by atoms with E-state index < -0.39 is 40.5 Å². The highest BCUT2D eigenvalue weighted by Gasteiger charge is 2.29. The average molecular weight is 1290 g/mol. The van der Waals surface area contributed by atoms with Gasteiger partial charge < -0.3 is 54.9 Å². The van der Waals surface area contributed by atoms with Crippen molar-refractivity contribution in [2.75, 3.05) is 104 Å². The van der Waals surface area contributed by atoms with E-state index in [-0.39, 0.29) is 42.2 Å². The van der Waals surface area contributed by atoms with Gasteiger partial charge in [0.15, 0.2) is 11.6 Å². The van der Waals surface area contributed by atoms with Crippen molar-refractivity contribution in [3.05, 3.63) is 167 Å². The number of nitrogen functional groups attached to an aromatic ring is 1. The first-order valence-electron chi connectivity index (χ1n) is 31.3. The summed E-state index contributed by atoms with van der Waals surface area (Å²) in [5, 5.41) is 17.5. The molecule has 0 radical (unpaired) electrons. The van der Waals surface area contributed by atoms with Crippen LogP contribution in [0.2, 0.25) is 0 Å². The minimum absolute atomic E-state index is 0.0708. The van der Waals surface area contributed by atoms with E-state index in [2.05, 4.69) is 30.3 Å². The number of hydrogen-bond donors (Lipinski definition) is 4. The molecule has 494 valence electrons. The number of Topliss-reactive ketones (excluding diaryl/α,β-unsaturated/α-hetero) is 2. The number of aromatic nitrogens is 3. The zero-order valence-corrected chi connectivity index (χ0v) is 54.6. The minimum atomic E-state index is -0.950. The van der Waals surface area contributed by atoms with Gasteiger partial charge in [-0.15, -0.1) is 0 Å². The second-order valence-electron chi connectivity index (χ2n) is 26.2. The fourth-order valence-corrected chi connectivity index (χ4v) is 10.7. The zero-order valence-electron chi connectivity index (χ0n) is 54.6. The summed E-state index contributed by atoms with van der Waals surface area (Å²) in [6, 6.07) is 35.1. The van der Waals surface area contributed by atoms with Gasteiger partial charge in [-0.25, -0.2) is 42.9 Å². The molecule has 3 fully saturated rings. The third kappa shape index (κ3) is 18.8. The quantitative estimate of drug-likeness (QED) is 0.0533. The number of piperazine rings is 3. The predicted octanol–water partition coefficient (Wildman–Crippen LogP) is 12.0. The number of anilines is 5. The molecule has 5 aromatic carbocycles. The summed E-state index contributed by atoms with van der Waals surface area (Å²) in [6.45, 7) is 24.9. The Hall–Kier alpha value is -10.0. The second-order valence-corrected chi connectivity index (χ2v) is 26.2. The number of nitrogens with zero attached hydrogens (tertiary/aromatic N) is 8. The Kier molecular flexibility index (Phi) is 21.3. The fraction of sp³-hybridized carbons (Fsp3) is 0.366. The number of carboxylic acid groups (broad SMARTS) is 1. The zero-order chi connectivity index (χ0) is 67.6. The summed E-state index contributed by atoms with van der Waals surface area (Å²) in [7, 11) is 0. The summed E-state index contributed by atoms with van der Waals surface area (Å²) >= 11 is 0. The van der Waals surface area contributed by atoms with E-state index >= 15 is 0 Å². The Labute approximate surface area is 545 Å². The molecule has 3 aliphatic rings. The van der Waals surface area contributed by atoms with Gasteiger partial charge in [0, 0.05) is 130 Å². The second kappa shape index (κ2) is 29.3. The number of benzene rings is 5. The third-order valence-corrected chi connectivity index (χ3v) is 15.4. The molecule has 3 saturated heterocycles. The molecule has 6 heterocycles. The third-order valence-electron chi connectivity index (χ3n) is 15.4. The Balaban J connectivity index is 0.000000172. The first-order valence-corrected chi connectivity index (χ1v) is 31.3. The van der Waals surface area contributed by atoms with Crippen LogP contribution in [0.4, 0.5) is 52.0 Å². The number of ketones is 2. The number of ether oxygens (including phenoxy) is 3. The van der Waals surface area contributed by atoms with Crippen molar-refractivity contribution in [2.45, 2.75) is 92.0 Å². The molecule has 0 aliphatic carbocycles. The van der Waals surface area contributed by atoms with Crippen LogP contribution in [0.25, 0.3) is 32.7 Å². The van der Waals surface area contributed by atoms with Gasteiger partial charge in [0.2, 0.25) is 0 Å². The topological polar surface area (TPSA) is 255 Å². The number of nitrogens with two attached hydrogens (primary N) is 1. The minimum Gasteiger partial charge on any atom is -0.478 e. The normalized spacial score (nSPS) is 14.5. The number of hydrogen-bond acceptors (Lipinski definition) is 17. The van der Waals surface area contributed by atoms with Gasteiger partial charge in [0.25, 0.3) is 0 Å². The molecule has 0 bridgehead atoms. The SMILES string of the molecule is CC(C)(C)OC(=O)N1CCN(c2ccc3cc(C(=O)O)ccc3n2)CC1.CC(C)(C)OC(=O)Nc1ccc(F)cc1CC(=O)c1ccc2nc(N3CCN(C(=O)OC(C)(C)C)CC3)ccc2c1.Nc1ccc(F)cc1CC(=O)c1ccc2nc(N3CCNCC3)ccc2c1. The van der Waals surface area contributed by atoms with Gasteiger partial charge in [-0.2, -0.15) is 0 Å². The highest BCUT2D eigenvalue weighted by molar-refractivity contribution is 6.03. The molecule has 3 aliphatic heterocycles. The lowest BCUT2D eigenvalue weighted by molar-refractivity contribution is 0.0230. The Morgan fingerprint density at radius 3 is 1.29 bits per heavy atom. The van der Waals surface area contributed by atoms with Gasteiger partial charge in [0.05, 0.1) is 22.1 Å². The lowest BCUT2D eigenvalue weighted by atomic mass is 10.00. The summed E-state index contributed by atoms with van der Waals surface area (Å²) in [5.41, 5.74) is 9.32. The van der Waals surface area contributed by atoms with Crippen molar-refractivity contribution < 1.29 is 56.9 Å². The van der Waals surface area contributed by atoms with Crippen molar-refractivity contribution in [3.8, 4) is 0 Å². The Morgan fingerprint density at radius 2 is 0.862 bits per heavy atom. The molecule has 23 heteroatoms. The Morgan fingerprint density at radius 1 is 0.479 bits per heavy atom. The van der Waals surface area contributed by atoms with E-state index in [1.54, 1.807) is 73.0 Å². The average Bonchev–Trinajstić information content (AvgIpc) is 0.885. The van der Waals surface area contributed by atoms with Crippen LogP contribution in [0.1, 0.15) is 105 Å². The van der Waals surface area contributed by atoms with E-state index in [9.17, 15) is 37.5 Å². The van der Waals surface area contributed by atoms with E-state index in [0.29, 0.717) is 86.0 Å². The number of aromatic carboxylic acids is 1. The number of fused-ring (bicyclic) bond motifs is 3. The van der Waals surface area contributed by atoms with Gasteiger partial charge in [-0.3, -0.25) is 14.9 Å². The van der Waals surface area contributed by atoms with Gasteiger partial charge in [-0.1, -0.05) is 0 Å². The fourth-order valence-electron chi connectivity index (χ4n) is 10.7. The molecule has 3 aromatic heterocycles. The molecule has 0 unspecified atom stereocenters. The van der Waals surface area contributed by atoms with Crippen molar-refractivity contribution in [3.63, 3.8) is 0 Å². The maximum Gasteiger partial charge on any atom is 0.412 e. The molecule has 21 nitrogen and oxygen atoms in total. The number of amides is 3. The number of carbonyl (C=O) groups is 6. The number of carbonyl (C=O) groups excluding carboxylic acids is 5.